The van der Waals surface area contributed by atoms with Crippen LogP contribution in [0.15, 0.2) is 24.3 Å². The molecule has 6 heteroatoms. The number of thiocarbonyl (C=S) groups is 1. The normalized spacial score (nSPS) is 17.3. The molecule has 3 rings (SSSR count). The van der Waals surface area contributed by atoms with Crippen LogP contribution >= 0.6 is 24.6 Å². The predicted octanol–water partition coefficient (Wildman–Crippen LogP) is 3.29. The molecule has 0 bridgehead atoms. The zero-order chi connectivity index (χ0) is 16.6. The van der Waals surface area contributed by atoms with E-state index in [1.54, 1.807) is 0 Å². The van der Waals surface area contributed by atoms with Crippen LogP contribution in [-0.2, 0) is 0 Å². The number of rotatable bonds is 3. The smallest absolute Gasteiger partial charge is 0.156 e. The highest BCUT2D eigenvalue weighted by Gasteiger charge is 2.26. The molecule has 0 aliphatic carbocycles. The number of aryl methyl sites for hydroxylation is 1. The Kier molecular flexibility index (Phi) is 6.01. The van der Waals surface area contributed by atoms with Gasteiger partial charge in [0.2, 0.25) is 0 Å². The van der Waals surface area contributed by atoms with Gasteiger partial charge in [-0.15, -0.1) is 12.4 Å². The molecule has 1 aromatic heterocycles. The van der Waals surface area contributed by atoms with E-state index in [2.05, 4.69) is 42.1 Å². The predicted molar refractivity (Wildman–Crippen MR) is 106 cm³/mol. The maximum Gasteiger partial charge on any atom is 0.156 e. The summed E-state index contributed by atoms with van der Waals surface area (Å²) in [5.41, 5.74) is 2.87. The fourth-order valence-electron chi connectivity index (χ4n) is 2.90. The van der Waals surface area contributed by atoms with Crippen molar-refractivity contribution in [1.29, 1.82) is 0 Å². The lowest BCUT2D eigenvalue weighted by molar-refractivity contribution is 0.161. The van der Waals surface area contributed by atoms with Gasteiger partial charge in [-0.1, -0.05) is 24.4 Å². The summed E-state index contributed by atoms with van der Waals surface area (Å²) in [6.07, 6.45) is 1.07. The molecule has 0 spiro atoms. The third-order valence-corrected chi connectivity index (χ3v) is 4.72. The molecular weight excluding hydrogens is 342 g/mol. The molecular formula is C18H24ClN3OS. The van der Waals surface area contributed by atoms with Gasteiger partial charge in [-0.25, -0.2) is 4.98 Å². The highest BCUT2D eigenvalue weighted by Crippen LogP contribution is 2.33. The first-order chi connectivity index (χ1) is 11.0. The van der Waals surface area contributed by atoms with Crippen LogP contribution < -0.4 is 4.74 Å². The number of aromatic nitrogens is 1. The molecule has 1 atom stereocenters. The number of pyridine rings is 1. The molecule has 0 saturated carbocycles. The topological polar surface area (TPSA) is 28.6 Å². The molecule has 1 aromatic carbocycles. The van der Waals surface area contributed by atoms with E-state index in [1.807, 2.05) is 20.0 Å². The summed E-state index contributed by atoms with van der Waals surface area (Å²) in [7, 11) is 6.20. The number of benzene rings is 1. The van der Waals surface area contributed by atoms with Crippen molar-refractivity contribution < 1.29 is 4.74 Å². The summed E-state index contributed by atoms with van der Waals surface area (Å²) in [5, 5.41) is 1.09. The molecule has 24 heavy (non-hydrogen) atoms. The van der Waals surface area contributed by atoms with Crippen molar-refractivity contribution in [1.82, 2.24) is 14.8 Å². The molecule has 2 aromatic rings. The molecule has 0 N–H and O–H groups in total. The van der Waals surface area contributed by atoms with Crippen LogP contribution in [0.2, 0.25) is 0 Å². The number of nitrogens with zero attached hydrogens (tertiary/aromatic N) is 3. The first kappa shape index (κ1) is 18.9. The Morgan fingerprint density at radius 2 is 2.00 bits per heavy atom. The lowest BCUT2D eigenvalue weighted by atomic mass is 10.1. The Balaban J connectivity index is 0.00000208. The molecule has 2 heterocycles. The van der Waals surface area contributed by atoms with Crippen LogP contribution in [0.25, 0.3) is 10.9 Å². The quantitative estimate of drug-likeness (QED) is 0.778. The van der Waals surface area contributed by atoms with Gasteiger partial charge in [0.1, 0.15) is 16.6 Å². The van der Waals surface area contributed by atoms with Crippen molar-refractivity contribution in [3.8, 4) is 5.75 Å². The minimum Gasteiger partial charge on any atom is -0.485 e. The maximum absolute atomic E-state index is 6.40. The van der Waals surface area contributed by atoms with Gasteiger partial charge in [-0.3, -0.25) is 0 Å². The lowest BCUT2D eigenvalue weighted by Crippen LogP contribution is -2.35. The van der Waals surface area contributed by atoms with Crippen molar-refractivity contribution in [2.45, 2.75) is 19.4 Å². The SMILES string of the molecule is Cc1ccc2ccc3c(c2n1)OC(CCN(C)C)CN(C)C3=S.Cl. The van der Waals surface area contributed by atoms with Gasteiger partial charge in [0, 0.05) is 24.7 Å². The molecule has 0 saturated heterocycles. The number of hydrogen-bond donors (Lipinski definition) is 0. The number of fused-ring (bicyclic) bond motifs is 3. The summed E-state index contributed by atoms with van der Waals surface area (Å²) in [6, 6.07) is 8.25. The molecule has 4 nitrogen and oxygen atoms in total. The van der Waals surface area contributed by atoms with Gasteiger partial charge in [0.25, 0.3) is 0 Å². The minimum absolute atomic E-state index is 0. The number of likely N-dealkylation sites (N-methyl/N-ethyl adjacent to an activating group) is 1. The van der Waals surface area contributed by atoms with Crippen LogP contribution in [0.1, 0.15) is 17.7 Å². The second-order valence-corrected chi connectivity index (χ2v) is 6.87. The largest absolute Gasteiger partial charge is 0.485 e. The Labute approximate surface area is 155 Å². The lowest BCUT2D eigenvalue weighted by Gasteiger charge is -2.23. The first-order valence-electron chi connectivity index (χ1n) is 7.93. The summed E-state index contributed by atoms with van der Waals surface area (Å²) < 4.78 is 6.40. The zero-order valence-electron chi connectivity index (χ0n) is 14.6. The third kappa shape index (κ3) is 3.79. The monoisotopic (exact) mass is 365 g/mol. The third-order valence-electron chi connectivity index (χ3n) is 4.19. The standard InChI is InChI=1S/C18H23N3OS.ClH/c1-12-5-6-13-7-8-15-17(16(13)19-12)22-14(9-10-20(2)3)11-21(4)18(15)23;/h5-8,14H,9-11H2,1-4H3;1H. The van der Waals surface area contributed by atoms with E-state index in [-0.39, 0.29) is 18.5 Å². The van der Waals surface area contributed by atoms with Crippen molar-refractivity contribution in [2.24, 2.45) is 0 Å². The van der Waals surface area contributed by atoms with Crippen LogP contribution in [0.5, 0.6) is 5.75 Å². The Hall–Kier alpha value is -1.43. The minimum atomic E-state index is 0. The fourth-order valence-corrected chi connectivity index (χ4v) is 3.13. The van der Waals surface area contributed by atoms with E-state index in [0.29, 0.717) is 0 Å². The highest BCUT2D eigenvalue weighted by atomic mass is 35.5. The van der Waals surface area contributed by atoms with Crippen LogP contribution in [0.3, 0.4) is 0 Å². The van der Waals surface area contributed by atoms with Crippen molar-refractivity contribution in [3.63, 3.8) is 0 Å². The molecule has 130 valence electrons. The first-order valence-corrected chi connectivity index (χ1v) is 8.33. The van der Waals surface area contributed by atoms with Crippen LogP contribution in [-0.4, -0.2) is 60.1 Å². The van der Waals surface area contributed by atoms with E-state index in [0.717, 1.165) is 52.4 Å². The summed E-state index contributed by atoms with van der Waals surface area (Å²) >= 11 is 5.66. The van der Waals surface area contributed by atoms with Gasteiger partial charge >= 0.3 is 0 Å². The molecule has 0 amide bonds. The zero-order valence-corrected chi connectivity index (χ0v) is 16.2. The Morgan fingerprint density at radius 1 is 1.29 bits per heavy atom. The molecule has 1 unspecified atom stereocenters. The van der Waals surface area contributed by atoms with Crippen LogP contribution in [0, 0.1) is 6.92 Å². The number of ether oxygens (including phenoxy) is 1. The Morgan fingerprint density at radius 3 is 2.71 bits per heavy atom. The van der Waals surface area contributed by atoms with Gasteiger partial charge in [-0.05, 0) is 39.6 Å². The second-order valence-electron chi connectivity index (χ2n) is 6.48. The van der Waals surface area contributed by atoms with Gasteiger partial charge in [-0.2, -0.15) is 0 Å². The summed E-state index contributed by atoms with van der Waals surface area (Å²) in [6.45, 7) is 3.79. The van der Waals surface area contributed by atoms with Gasteiger partial charge in [0.15, 0.2) is 5.75 Å². The molecule has 1 aliphatic heterocycles. The van der Waals surface area contributed by atoms with Gasteiger partial charge in [0.05, 0.1) is 12.1 Å². The molecule has 1 aliphatic rings. The van der Waals surface area contributed by atoms with Crippen molar-refractivity contribution in [3.05, 3.63) is 35.5 Å². The average Bonchev–Trinajstić information content (AvgIpc) is 2.63. The van der Waals surface area contributed by atoms with Crippen molar-refractivity contribution in [2.75, 3.05) is 34.2 Å². The highest BCUT2D eigenvalue weighted by molar-refractivity contribution is 7.80. The number of halogens is 1. The fraction of sp³-hybridized carbons (Fsp3) is 0.444. The van der Waals surface area contributed by atoms with Crippen molar-refractivity contribution >= 4 is 40.5 Å². The summed E-state index contributed by atoms with van der Waals surface area (Å²) in [4.78, 5) is 9.83. The summed E-state index contributed by atoms with van der Waals surface area (Å²) in [5.74, 6) is 0.837. The Bertz CT molecular complexity index is 750. The van der Waals surface area contributed by atoms with E-state index in [4.69, 9.17) is 21.9 Å². The van der Waals surface area contributed by atoms with E-state index >= 15 is 0 Å². The van der Waals surface area contributed by atoms with Gasteiger partial charge < -0.3 is 14.5 Å². The molecule has 0 radical (unpaired) electrons. The second kappa shape index (κ2) is 7.64. The van der Waals surface area contributed by atoms with E-state index in [1.165, 1.54) is 0 Å². The molecule has 0 fully saturated rings. The maximum atomic E-state index is 6.40. The van der Waals surface area contributed by atoms with E-state index < -0.39 is 0 Å². The number of hydrogen-bond acceptors (Lipinski definition) is 4. The van der Waals surface area contributed by atoms with E-state index in [9.17, 15) is 0 Å². The average molecular weight is 366 g/mol. The van der Waals surface area contributed by atoms with Crippen LogP contribution in [0.4, 0.5) is 0 Å².